The van der Waals surface area contributed by atoms with Gasteiger partial charge in [-0.25, -0.2) is 9.97 Å². The maximum Gasteiger partial charge on any atom is 0.239 e. The lowest BCUT2D eigenvalue weighted by molar-refractivity contribution is -0.132. The van der Waals surface area contributed by atoms with Crippen molar-refractivity contribution >= 4 is 47.6 Å². The molecule has 0 bridgehead atoms. The van der Waals surface area contributed by atoms with Gasteiger partial charge in [-0.05, 0) is 12.0 Å². The molecule has 156 valence electrons. The maximum absolute atomic E-state index is 12.7. The normalized spacial score (nSPS) is 14.8. The molecule has 1 aromatic carbocycles. The summed E-state index contributed by atoms with van der Waals surface area (Å²) in [5.41, 5.74) is 8.06. The number of aromatic nitrogens is 4. The van der Waals surface area contributed by atoms with Crippen molar-refractivity contribution in [1.29, 1.82) is 0 Å². The van der Waals surface area contributed by atoms with E-state index in [1.54, 1.807) is 17.2 Å². The van der Waals surface area contributed by atoms with Gasteiger partial charge in [0.05, 0.1) is 17.6 Å². The second kappa shape index (κ2) is 9.87. The summed E-state index contributed by atoms with van der Waals surface area (Å²) in [4.78, 5) is 25.5. The minimum Gasteiger partial charge on any atom is -0.352 e. The van der Waals surface area contributed by atoms with E-state index < -0.39 is 6.04 Å². The summed E-state index contributed by atoms with van der Waals surface area (Å²) in [7, 11) is 1.86. The molecule has 1 aliphatic heterocycles. The second-order valence-electron chi connectivity index (χ2n) is 6.81. The van der Waals surface area contributed by atoms with Crippen molar-refractivity contribution < 1.29 is 4.79 Å². The molecule has 2 aromatic heterocycles. The number of piperazine rings is 1. The molecule has 0 spiro atoms. The fourth-order valence-electron chi connectivity index (χ4n) is 3.53. The van der Waals surface area contributed by atoms with Gasteiger partial charge in [0.15, 0.2) is 5.65 Å². The number of halogens is 2. The van der Waals surface area contributed by atoms with Crippen LogP contribution in [0.4, 0.5) is 5.82 Å². The van der Waals surface area contributed by atoms with Crippen LogP contribution in [0, 0.1) is 0 Å². The SMILES string of the molecule is Cl.Cl.Cn1ncc2c(N3CCN(C(=O)C(N)Cc4ccccc4)CC3)ncnc21. The minimum atomic E-state index is -0.511. The number of aryl methyl sites for hydroxylation is 1. The van der Waals surface area contributed by atoms with Crippen LogP contribution in [0.15, 0.2) is 42.9 Å². The van der Waals surface area contributed by atoms with Crippen molar-refractivity contribution in [2.45, 2.75) is 12.5 Å². The number of rotatable bonds is 4. The van der Waals surface area contributed by atoms with E-state index in [9.17, 15) is 4.79 Å². The fraction of sp³-hybridized carbons (Fsp3) is 0.368. The molecule has 4 rings (SSSR count). The zero-order chi connectivity index (χ0) is 18.8. The Morgan fingerprint density at radius 3 is 2.48 bits per heavy atom. The predicted molar refractivity (Wildman–Crippen MR) is 118 cm³/mol. The standard InChI is InChI=1S/C19H23N7O.2ClH/c1-24-17-15(12-23-24)18(22-13-21-17)25-7-9-26(10-8-25)19(27)16(20)11-14-5-3-2-4-6-14;;/h2-6,12-13,16H,7-11,20H2,1H3;2*1H. The highest BCUT2D eigenvalue weighted by molar-refractivity contribution is 5.87. The van der Waals surface area contributed by atoms with Crippen LogP contribution in [0.5, 0.6) is 0 Å². The molecule has 1 unspecified atom stereocenters. The molecule has 0 aliphatic carbocycles. The molecule has 0 saturated carbocycles. The number of nitrogens with zero attached hydrogens (tertiary/aromatic N) is 6. The highest BCUT2D eigenvalue weighted by atomic mass is 35.5. The first-order chi connectivity index (χ1) is 13.1. The van der Waals surface area contributed by atoms with Crippen LogP contribution in [0.3, 0.4) is 0 Å². The van der Waals surface area contributed by atoms with Crippen LogP contribution < -0.4 is 10.6 Å². The van der Waals surface area contributed by atoms with Gasteiger partial charge in [-0.2, -0.15) is 5.10 Å². The van der Waals surface area contributed by atoms with Crippen molar-refractivity contribution in [3.8, 4) is 0 Å². The largest absolute Gasteiger partial charge is 0.352 e. The molecule has 29 heavy (non-hydrogen) atoms. The van der Waals surface area contributed by atoms with Crippen LogP contribution in [-0.2, 0) is 18.3 Å². The monoisotopic (exact) mass is 437 g/mol. The Morgan fingerprint density at radius 2 is 1.79 bits per heavy atom. The third kappa shape index (κ3) is 4.77. The van der Waals surface area contributed by atoms with Gasteiger partial charge in [0.2, 0.25) is 5.91 Å². The molecule has 1 aliphatic rings. The van der Waals surface area contributed by atoms with Crippen LogP contribution in [0.25, 0.3) is 11.0 Å². The molecular weight excluding hydrogens is 413 g/mol. The van der Waals surface area contributed by atoms with Crippen molar-refractivity contribution in [2.75, 3.05) is 31.1 Å². The van der Waals surface area contributed by atoms with Crippen LogP contribution in [-0.4, -0.2) is 62.8 Å². The molecule has 3 heterocycles. The molecule has 8 nitrogen and oxygen atoms in total. The summed E-state index contributed by atoms with van der Waals surface area (Å²) in [6.45, 7) is 2.69. The average Bonchev–Trinajstić information content (AvgIpc) is 3.09. The van der Waals surface area contributed by atoms with Gasteiger partial charge in [0.1, 0.15) is 12.1 Å². The molecule has 10 heteroatoms. The highest BCUT2D eigenvalue weighted by Gasteiger charge is 2.27. The maximum atomic E-state index is 12.7. The fourth-order valence-corrected chi connectivity index (χ4v) is 3.53. The molecular formula is C19H25Cl2N7O. The Balaban J connectivity index is 0.00000150. The Labute approximate surface area is 181 Å². The lowest BCUT2D eigenvalue weighted by Gasteiger charge is -2.36. The number of benzene rings is 1. The van der Waals surface area contributed by atoms with E-state index in [-0.39, 0.29) is 30.7 Å². The first-order valence-corrected chi connectivity index (χ1v) is 9.09. The van der Waals surface area contributed by atoms with Crippen molar-refractivity contribution in [3.63, 3.8) is 0 Å². The average molecular weight is 438 g/mol. The lowest BCUT2D eigenvalue weighted by Crippen LogP contribution is -2.53. The van der Waals surface area contributed by atoms with E-state index in [2.05, 4.69) is 20.0 Å². The number of hydrogen-bond acceptors (Lipinski definition) is 6. The van der Waals surface area contributed by atoms with Crippen LogP contribution in [0.2, 0.25) is 0 Å². The number of hydrogen-bond donors (Lipinski definition) is 1. The molecule has 1 saturated heterocycles. The number of nitrogens with two attached hydrogens (primary N) is 1. The Bertz CT molecular complexity index is 942. The Morgan fingerprint density at radius 1 is 1.10 bits per heavy atom. The smallest absolute Gasteiger partial charge is 0.239 e. The van der Waals surface area contributed by atoms with Gasteiger partial charge in [-0.3, -0.25) is 9.48 Å². The van der Waals surface area contributed by atoms with E-state index >= 15 is 0 Å². The lowest BCUT2D eigenvalue weighted by atomic mass is 10.1. The summed E-state index contributed by atoms with van der Waals surface area (Å²) in [5.74, 6) is 0.876. The number of amides is 1. The molecule has 3 aromatic rings. The topological polar surface area (TPSA) is 93.2 Å². The second-order valence-corrected chi connectivity index (χ2v) is 6.81. The third-order valence-corrected chi connectivity index (χ3v) is 5.01. The molecule has 1 atom stereocenters. The minimum absolute atomic E-state index is 0. The summed E-state index contributed by atoms with van der Waals surface area (Å²) in [6, 6.07) is 9.38. The number of fused-ring (bicyclic) bond motifs is 1. The van der Waals surface area contributed by atoms with Crippen molar-refractivity contribution in [2.24, 2.45) is 12.8 Å². The zero-order valence-electron chi connectivity index (χ0n) is 16.1. The summed E-state index contributed by atoms with van der Waals surface area (Å²) >= 11 is 0. The molecule has 0 radical (unpaired) electrons. The number of carbonyl (C=O) groups excluding carboxylic acids is 1. The van der Waals surface area contributed by atoms with Crippen molar-refractivity contribution in [1.82, 2.24) is 24.6 Å². The predicted octanol–water partition coefficient (Wildman–Crippen LogP) is 1.43. The van der Waals surface area contributed by atoms with E-state index in [0.29, 0.717) is 32.6 Å². The van der Waals surface area contributed by atoms with Crippen LogP contribution in [0.1, 0.15) is 5.56 Å². The first-order valence-electron chi connectivity index (χ1n) is 9.09. The van der Waals surface area contributed by atoms with E-state index in [1.807, 2.05) is 42.3 Å². The van der Waals surface area contributed by atoms with Crippen LogP contribution >= 0.6 is 24.8 Å². The molecule has 1 fully saturated rings. The van der Waals surface area contributed by atoms with Crippen molar-refractivity contribution in [3.05, 3.63) is 48.4 Å². The quantitative estimate of drug-likeness (QED) is 0.663. The third-order valence-electron chi connectivity index (χ3n) is 5.01. The summed E-state index contributed by atoms with van der Waals surface area (Å²) in [6.07, 6.45) is 3.91. The number of anilines is 1. The zero-order valence-corrected chi connectivity index (χ0v) is 17.8. The Kier molecular flexibility index (Phi) is 7.78. The van der Waals surface area contributed by atoms with E-state index in [0.717, 1.165) is 22.4 Å². The first kappa shape index (κ1) is 22.9. The Hall–Kier alpha value is -2.42. The molecule has 1 amide bonds. The van der Waals surface area contributed by atoms with Gasteiger partial charge >= 0.3 is 0 Å². The number of carbonyl (C=O) groups is 1. The molecule has 2 N–H and O–H groups in total. The van der Waals surface area contributed by atoms with E-state index in [4.69, 9.17) is 5.73 Å². The van der Waals surface area contributed by atoms with Gasteiger partial charge in [0, 0.05) is 33.2 Å². The summed E-state index contributed by atoms with van der Waals surface area (Å²) in [5, 5.41) is 5.19. The summed E-state index contributed by atoms with van der Waals surface area (Å²) < 4.78 is 1.74. The highest BCUT2D eigenvalue weighted by Crippen LogP contribution is 2.23. The van der Waals surface area contributed by atoms with Gasteiger partial charge in [-0.15, -0.1) is 24.8 Å². The van der Waals surface area contributed by atoms with Gasteiger partial charge < -0.3 is 15.5 Å². The van der Waals surface area contributed by atoms with Gasteiger partial charge in [0.25, 0.3) is 0 Å². The van der Waals surface area contributed by atoms with Gasteiger partial charge in [-0.1, -0.05) is 30.3 Å². The van der Waals surface area contributed by atoms with E-state index in [1.165, 1.54) is 0 Å².